The van der Waals surface area contributed by atoms with Crippen LogP contribution >= 0.6 is 0 Å². The molecule has 0 amide bonds. The molecule has 6 nitrogen and oxygen atoms in total. The lowest BCUT2D eigenvalue weighted by molar-refractivity contribution is -0.0620. The van der Waals surface area contributed by atoms with E-state index in [0.29, 0.717) is 0 Å². The largest absolute Gasteiger partial charge is 0.769 e. The fourth-order valence-corrected chi connectivity index (χ4v) is 2.50. The average molecular weight is 372 g/mol. The van der Waals surface area contributed by atoms with Gasteiger partial charge >= 0.3 is 6.18 Å². The van der Waals surface area contributed by atoms with E-state index in [4.69, 9.17) is 0 Å². The van der Waals surface area contributed by atoms with Crippen LogP contribution in [0.15, 0.2) is 34.3 Å². The van der Waals surface area contributed by atoms with Crippen LogP contribution in [0.2, 0.25) is 0 Å². The van der Waals surface area contributed by atoms with Crippen molar-refractivity contribution in [3.05, 3.63) is 29.8 Å². The van der Waals surface area contributed by atoms with E-state index in [2.05, 4.69) is 9.99 Å². The molecule has 0 heterocycles. The SMILES string of the molecule is CCC(ON=C(c1ccc(S(C)(=O)=O)cc1)C(F)(F)F)S(=O)[O-]. The van der Waals surface area contributed by atoms with Gasteiger partial charge in [-0.2, -0.15) is 13.2 Å². The van der Waals surface area contributed by atoms with Gasteiger partial charge in [-0.3, -0.25) is 4.21 Å². The molecular formula is C12H13F3NO5S2-. The molecule has 0 aliphatic rings. The first kappa shape index (κ1) is 19.6. The van der Waals surface area contributed by atoms with Gasteiger partial charge in [0.05, 0.1) is 4.90 Å². The Balaban J connectivity index is 3.20. The van der Waals surface area contributed by atoms with Crippen molar-refractivity contribution in [1.29, 1.82) is 0 Å². The Morgan fingerprint density at radius 1 is 1.35 bits per heavy atom. The quantitative estimate of drug-likeness (QED) is 0.432. The van der Waals surface area contributed by atoms with Crippen molar-refractivity contribution in [2.24, 2.45) is 5.16 Å². The number of hydrogen-bond donors (Lipinski definition) is 0. The monoisotopic (exact) mass is 372 g/mol. The van der Waals surface area contributed by atoms with Gasteiger partial charge in [-0.25, -0.2) is 8.42 Å². The zero-order valence-corrected chi connectivity index (χ0v) is 13.7. The molecule has 0 radical (unpaired) electrons. The molecule has 0 aliphatic heterocycles. The first-order valence-corrected chi connectivity index (χ1v) is 9.19. The summed E-state index contributed by atoms with van der Waals surface area (Å²) < 4.78 is 83.1. The molecule has 130 valence electrons. The summed E-state index contributed by atoms with van der Waals surface area (Å²) in [7, 11) is -3.56. The van der Waals surface area contributed by atoms with E-state index in [1.807, 2.05) is 0 Å². The lowest BCUT2D eigenvalue weighted by atomic mass is 10.1. The fraction of sp³-hybridized carbons (Fsp3) is 0.417. The minimum atomic E-state index is -4.91. The first-order valence-electron chi connectivity index (χ1n) is 6.16. The number of alkyl halides is 3. The average Bonchev–Trinajstić information content (AvgIpc) is 2.41. The van der Waals surface area contributed by atoms with Crippen molar-refractivity contribution < 1.29 is 35.2 Å². The molecule has 0 N–H and O–H groups in total. The lowest BCUT2D eigenvalue weighted by Crippen LogP contribution is -2.26. The third kappa shape index (κ3) is 5.59. The van der Waals surface area contributed by atoms with Crippen LogP contribution in [0.3, 0.4) is 0 Å². The zero-order chi connectivity index (χ0) is 17.8. The van der Waals surface area contributed by atoms with Gasteiger partial charge in [0.15, 0.2) is 21.0 Å². The van der Waals surface area contributed by atoms with Crippen LogP contribution in [0.25, 0.3) is 0 Å². The molecule has 1 rings (SSSR count). The van der Waals surface area contributed by atoms with E-state index >= 15 is 0 Å². The molecule has 0 aromatic heterocycles. The number of halogens is 3. The van der Waals surface area contributed by atoms with Crippen molar-refractivity contribution in [1.82, 2.24) is 0 Å². The number of benzene rings is 1. The van der Waals surface area contributed by atoms with Gasteiger partial charge in [-0.15, -0.1) is 0 Å². The molecule has 0 aliphatic carbocycles. The first-order chi connectivity index (χ1) is 10.5. The summed E-state index contributed by atoms with van der Waals surface area (Å²) in [5.41, 5.74) is -3.42. The second-order valence-corrected chi connectivity index (χ2v) is 7.50. The predicted octanol–water partition coefficient (Wildman–Crippen LogP) is 1.99. The molecule has 0 fully saturated rings. The summed E-state index contributed by atoms with van der Waals surface area (Å²) in [5, 5.41) is 2.90. The zero-order valence-electron chi connectivity index (χ0n) is 12.0. The predicted molar refractivity (Wildman–Crippen MR) is 76.2 cm³/mol. The number of sulfone groups is 1. The van der Waals surface area contributed by atoms with E-state index in [0.717, 1.165) is 30.5 Å². The van der Waals surface area contributed by atoms with Crippen LogP contribution in [0.5, 0.6) is 0 Å². The van der Waals surface area contributed by atoms with Crippen molar-refractivity contribution in [2.75, 3.05) is 6.26 Å². The molecule has 2 unspecified atom stereocenters. The normalized spacial score (nSPS) is 16.0. The molecule has 2 atom stereocenters. The second kappa shape index (κ2) is 7.41. The minimum absolute atomic E-state index is 0.0856. The smallest absolute Gasteiger partial charge is 0.437 e. The highest BCUT2D eigenvalue weighted by Gasteiger charge is 2.38. The van der Waals surface area contributed by atoms with Gasteiger partial charge in [-0.1, -0.05) is 24.2 Å². The van der Waals surface area contributed by atoms with Gasteiger partial charge in [0.25, 0.3) is 0 Å². The van der Waals surface area contributed by atoms with Crippen molar-refractivity contribution in [2.45, 2.75) is 29.9 Å². The topological polar surface area (TPSA) is 95.9 Å². The number of rotatable bonds is 6. The highest BCUT2D eigenvalue weighted by molar-refractivity contribution is 7.90. The Bertz CT molecular complexity index is 698. The summed E-state index contributed by atoms with van der Waals surface area (Å²) >= 11 is -2.74. The molecule has 1 aromatic carbocycles. The van der Waals surface area contributed by atoms with E-state index < -0.39 is 43.8 Å². The Labute approximate surface area is 133 Å². The maximum Gasteiger partial charge on any atom is 0.437 e. The Hall–Kier alpha value is -1.46. The molecule has 1 aromatic rings. The lowest BCUT2D eigenvalue weighted by Gasteiger charge is -2.17. The Morgan fingerprint density at radius 3 is 2.22 bits per heavy atom. The molecule has 0 saturated heterocycles. The van der Waals surface area contributed by atoms with Gasteiger partial charge in [-0.05, 0) is 29.6 Å². The van der Waals surface area contributed by atoms with Crippen molar-refractivity contribution in [3.63, 3.8) is 0 Å². The van der Waals surface area contributed by atoms with E-state index in [1.54, 1.807) is 0 Å². The molecular weight excluding hydrogens is 359 g/mol. The van der Waals surface area contributed by atoms with Crippen LogP contribution in [-0.4, -0.2) is 40.8 Å². The summed E-state index contributed by atoms with van der Waals surface area (Å²) in [6.45, 7) is 1.41. The second-order valence-electron chi connectivity index (χ2n) is 4.44. The molecule has 11 heteroatoms. The van der Waals surface area contributed by atoms with Crippen LogP contribution in [0.4, 0.5) is 13.2 Å². The van der Waals surface area contributed by atoms with Crippen molar-refractivity contribution in [3.8, 4) is 0 Å². The summed E-state index contributed by atoms with van der Waals surface area (Å²) in [6.07, 6.45) is -4.08. The fourth-order valence-electron chi connectivity index (χ4n) is 1.49. The minimum Gasteiger partial charge on any atom is -0.769 e. The van der Waals surface area contributed by atoms with Gasteiger partial charge in [0, 0.05) is 11.8 Å². The standard InChI is InChI=1S/C12H14F3NO5S2/c1-3-10(22(17)18)21-16-11(12(13,14)15)8-4-6-9(7-5-8)23(2,19)20/h4-7,10H,3H2,1-2H3,(H,17,18)/p-1. The van der Waals surface area contributed by atoms with Crippen molar-refractivity contribution >= 4 is 26.6 Å². The van der Waals surface area contributed by atoms with Crippen LogP contribution < -0.4 is 0 Å². The van der Waals surface area contributed by atoms with Crippen LogP contribution in [0.1, 0.15) is 18.9 Å². The third-order valence-corrected chi connectivity index (χ3v) is 4.61. The summed E-state index contributed by atoms with van der Waals surface area (Å²) in [5.74, 6) is 0. The summed E-state index contributed by atoms with van der Waals surface area (Å²) in [6, 6.07) is 3.83. The maximum absolute atomic E-state index is 13.0. The molecule has 23 heavy (non-hydrogen) atoms. The van der Waals surface area contributed by atoms with Gasteiger partial charge < -0.3 is 9.39 Å². The van der Waals surface area contributed by atoms with Gasteiger partial charge in [0.2, 0.25) is 0 Å². The third-order valence-electron chi connectivity index (χ3n) is 2.63. The van der Waals surface area contributed by atoms with E-state index in [-0.39, 0.29) is 11.3 Å². The highest BCUT2D eigenvalue weighted by Crippen LogP contribution is 2.24. The molecule has 0 saturated carbocycles. The number of oxime groups is 1. The number of hydrogen-bond acceptors (Lipinski definition) is 6. The maximum atomic E-state index is 13.0. The molecule has 0 spiro atoms. The van der Waals surface area contributed by atoms with E-state index in [1.165, 1.54) is 6.92 Å². The Morgan fingerprint density at radius 2 is 1.87 bits per heavy atom. The highest BCUT2D eigenvalue weighted by atomic mass is 32.2. The van der Waals surface area contributed by atoms with Crippen LogP contribution in [-0.2, 0) is 25.8 Å². The number of nitrogens with zero attached hydrogens (tertiary/aromatic N) is 1. The van der Waals surface area contributed by atoms with E-state index in [9.17, 15) is 30.4 Å². The Kier molecular flexibility index (Phi) is 6.31. The summed E-state index contributed by atoms with van der Waals surface area (Å²) in [4.78, 5) is 4.27. The molecule has 0 bridgehead atoms. The van der Waals surface area contributed by atoms with Crippen LogP contribution in [0, 0.1) is 0 Å². The van der Waals surface area contributed by atoms with Gasteiger partial charge in [0.1, 0.15) is 0 Å².